The Morgan fingerprint density at radius 2 is 1.54 bits per heavy atom. The average Bonchev–Trinajstić information content (AvgIpc) is 2.55. The molecule has 0 amide bonds. The minimum Gasteiger partial charge on any atom is -0.491 e. The summed E-state index contributed by atoms with van der Waals surface area (Å²) in [6.45, 7) is 3.88. The van der Waals surface area contributed by atoms with E-state index in [0.29, 0.717) is 11.4 Å². The van der Waals surface area contributed by atoms with Crippen LogP contribution < -0.4 is 9.46 Å². The van der Waals surface area contributed by atoms with Gasteiger partial charge < -0.3 is 4.74 Å². The zero-order valence-corrected chi connectivity index (χ0v) is 14.4. The van der Waals surface area contributed by atoms with Gasteiger partial charge in [0.05, 0.1) is 11.0 Å². The Bertz CT molecular complexity index is 948. The molecule has 0 saturated carbocycles. The predicted octanol–water partition coefficient (Wildman–Crippen LogP) is 4.43. The lowest BCUT2D eigenvalue weighted by Crippen LogP contribution is -2.13. The number of ether oxygens (including phenoxy) is 1. The van der Waals surface area contributed by atoms with E-state index < -0.39 is 10.0 Å². The predicted molar refractivity (Wildman–Crippen MR) is 97.0 cm³/mol. The lowest BCUT2D eigenvalue weighted by molar-refractivity contribution is 0.242. The van der Waals surface area contributed by atoms with Gasteiger partial charge in [-0.15, -0.1) is 0 Å². The first-order valence-electron chi connectivity index (χ1n) is 7.72. The number of sulfonamides is 1. The third kappa shape index (κ3) is 3.68. The molecule has 0 heterocycles. The maximum absolute atomic E-state index is 12.6. The number of hydrogen-bond acceptors (Lipinski definition) is 3. The summed E-state index contributed by atoms with van der Waals surface area (Å²) in [6.07, 6.45) is 0.0742. The summed E-state index contributed by atoms with van der Waals surface area (Å²) in [6, 6.07) is 19.6. The van der Waals surface area contributed by atoms with Gasteiger partial charge in [0.1, 0.15) is 5.75 Å². The van der Waals surface area contributed by atoms with Crippen LogP contribution in [-0.4, -0.2) is 14.5 Å². The average molecular weight is 341 g/mol. The summed E-state index contributed by atoms with van der Waals surface area (Å²) in [4.78, 5) is 0.240. The van der Waals surface area contributed by atoms with Crippen molar-refractivity contribution in [3.05, 3.63) is 66.7 Å². The van der Waals surface area contributed by atoms with Crippen LogP contribution in [0, 0.1) is 0 Å². The van der Waals surface area contributed by atoms with E-state index in [-0.39, 0.29) is 11.0 Å². The molecule has 3 rings (SSSR count). The van der Waals surface area contributed by atoms with Gasteiger partial charge in [0.2, 0.25) is 0 Å². The van der Waals surface area contributed by atoms with E-state index >= 15 is 0 Å². The molecule has 0 aliphatic carbocycles. The first-order valence-corrected chi connectivity index (χ1v) is 9.21. The molecule has 0 aliphatic rings. The fraction of sp³-hybridized carbons (Fsp3) is 0.158. The molecule has 4 nitrogen and oxygen atoms in total. The highest BCUT2D eigenvalue weighted by Crippen LogP contribution is 2.23. The van der Waals surface area contributed by atoms with Crippen LogP contribution in [0.3, 0.4) is 0 Å². The topological polar surface area (TPSA) is 55.4 Å². The standard InChI is InChI=1S/C19H19NO3S/c1-14(2)23-18-10-8-17(9-11-18)20-24(21,22)19-12-7-15-5-3-4-6-16(15)13-19/h3-14,20H,1-2H3. The SMILES string of the molecule is CC(C)Oc1ccc(NS(=O)(=O)c2ccc3ccccc3c2)cc1. The summed E-state index contributed by atoms with van der Waals surface area (Å²) < 4.78 is 33.3. The van der Waals surface area contributed by atoms with E-state index in [2.05, 4.69) is 4.72 Å². The quantitative estimate of drug-likeness (QED) is 0.747. The molecular formula is C19H19NO3S. The van der Waals surface area contributed by atoms with E-state index in [4.69, 9.17) is 4.74 Å². The molecule has 0 spiro atoms. The fourth-order valence-electron chi connectivity index (χ4n) is 2.42. The van der Waals surface area contributed by atoms with E-state index in [1.54, 1.807) is 36.4 Å². The second-order valence-corrected chi connectivity index (χ2v) is 7.49. The van der Waals surface area contributed by atoms with Crippen LogP contribution in [0.5, 0.6) is 5.75 Å². The van der Waals surface area contributed by atoms with E-state index in [9.17, 15) is 8.42 Å². The lowest BCUT2D eigenvalue weighted by Gasteiger charge is -2.12. The first kappa shape index (κ1) is 16.3. The van der Waals surface area contributed by atoms with Gasteiger partial charge in [-0.3, -0.25) is 4.72 Å². The number of rotatable bonds is 5. The summed E-state index contributed by atoms with van der Waals surface area (Å²) in [7, 11) is -3.63. The molecule has 0 bridgehead atoms. The van der Waals surface area contributed by atoms with Crippen LogP contribution in [0.25, 0.3) is 10.8 Å². The van der Waals surface area contributed by atoms with Gasteiger partial charge in [0, 0.05) is 5.69 Å². The van der Waals surface area contributed by atoms with Crippen molar-refractivity contribution in [1.29, 1.82) is 0 Å². The van der Waals surface area contributed by atoms with Crippen LogP contribution in [0.2, 0.25) is 0 Å². The molecule has 24 heavy (non-hydrogen) atoms. The van der Waals surface area contributed by atoms with Gasteiger partial charge in [-0.05, 0) is 61.0 Å². The van der Waals surface area contributed by atoms with Gasteiger partial charge in [0.25, 0.3) is 10.0 Å². The summed E-state index contributed by atoms with van der Waals surface area (Å²) in [5, 5.41) is 1.90. The van der Waals surface area contributed by atoms with Gasteiger partial charge in [-0.1, -0.05) is 30.3 Å². The van der Waals surface area contributed by atoms with Crippen molar-refractivity contribution in [2.45, 2.75) is 24.8 Å². The summed E-state index contributed by atoms with van der Waals surface area (Å²) in [5.41, 5.74) is 0.499. The van der Waals surface area contributed by atoms with Crippen molar-refractivity contribution >= 4 is 26.5 Å². The molecule has 5 heteroatoms. The van der Waals surface area contributed by atoms with Gasteiger partial charge >= 0.3 is 0 Å². The third-order valence-electron chi connectivity index (χ3n) is 3.51. The van der Waals surface area contributed by atoms with Crippen molar-refractivity contribution in [2.24, 2.45) is 0 Å². The van der Waals surface area contributed by atoms with Gasteiger partial charge in [-0.2, -0.15) is 0 Å². The Morgan fingerprint density at radius 1 is 0.875 bits per heavy atom. The van der Waals surface area contributed by atoms with Crippen LogP contribution >= 0.6 is 0 Å². The zero-order valence-electron chi connectivity index (χ0n) is 13.6. The summed E-state index contributed by atoms with van der Waals surface area (Å²) in [5.74, 6) is 0.707. The van der Waals surface area contributed by atoms with Crippen molar-refractivity contribution in [3.63, 3.8) is 0 Å². The Labute approximate surface area is 142 Å². The molecule has 0 saturated heterocycles. The lowest BCUT2D eigenvalue weighted by atomic mass is 10.1. The van der Waals surface area contributed by atoms with E-state index in [0.717, 1.165) is 10.8 Å². The Kier molecular flexibility index (Phi) is 4.44. The molecule has 1 N–H and O–H groups in total. The molecule has 0 aromatic heterocycles. The Balaban J connectivity index is 1.84. The molecule has 0 aliphatic heterocycles. The van der Waals surface area contributed by atoms with Crippen molar-refractivity contribution in [2.75, 3.05) is 4.72 Å². The van der Waals surface area contributed by atoms with Crippen LogP contribution in [0.15, 0.2) is 71.6 Å². The molecule has 0 fully saturated rings. The maximum Gasteiger partial charge on any atom is 0.261 e. The smallest absolute Gasteiger partial charge is 0.261 e. The fourth-order valence-corrected chi connectivity index (χ4v) is 3.52. The molecular weight excluding hydrogens is 322 g/mol. The highest BCUT2D eigenvalue weighted by molar-refractivity contribution is 7.92. The molecule has 3 aromatic rings. The Hall–Kier alpha value is -2.53. The van der Waals surface area contributed by atoms with E-state index in [1.165, 1.54) is 0 Å². The molecule has 0 unspecified atom stereocenters. The minimum atomic E-state index is -3.63. The van der Waals surface area contributed by atoms with Crippen LogP contribution in [0.4, 0.5) is 5.69 Å². The van der Waals surface area contributed by atoms with Crippen LogP contribution in [0.1, 0.15) is 13.8 Å². The molecule has 0 radical (unpaired) electrons. The van der Waals surface area contributed by atoms with Crippen molar-refractivity contribution < 1.29 is 13.2 Å². The summed E-state index contributed by atoms with van der Waals surface area (Å²) >= 11 is 0. The molecule has 124 valence electrons. The second kappa shape index (κ2) is 6.53. The number of anilines is 1. The third-order valence-corrected chi connectivity index (χ3v) is 4.89. The van der Waals surface area contributed by atoms with Crippen molar-refractivity contribution in [1.82, 2.24) is 0 Å². The van der Waals surface area contributed by atoms with Crippen molar-refractivity contribution in [3.8, 4) is 5.75 Å². The first-order chi connectivity index (χ1) is 11.4. The maximum atomic E-state index is 12.6. The second-order valence-electron chi connectivity index (χ2n) is 5.81. The largest absolute Gasteiger partial charge is 0.491 e. The monoisotopic (exact) mass is 341 g/mol. The molecule has 3 aromatic carbocycles. The highest BCUT2D eigenvalue weighted by atomic mass is 32.2. The number of fused-ring (bicyclic) bond motifs is 1. The Morgan fingerprint density at radius 3 is 2.21 bits per heavy atom. The normalized spacial score (nSPS) is 11.6. The van der Waals surface area contributed by atoms with Gasteiger partial charge in [-0.25, -0.2) is 8.42 Å². The molecule has 0 atom stereocenters. The van der Waals surface area contributed by atoms with Crippen LogP contribution in [-0.2, 0) is 10.0 Å². The van der Waals surface area contributed by atoms with E-state index in [1.807, 2.05) is 44.2 Å². The number of nitrogens with one attached hydrogen (secondary N) is 1. The zero-order chi connectivity index (χ0) is 17.2. The minimum absolute atomic E-state index is 0.0742. The highest BCUT2D eigenvalue weighted by Gasteiger charge is 2.14. The number of hydrogen-bond donors (Lipinski definition) is 1. The van der Waals surface area contributed by atoms with Gasteiger partial charge in [0.15, 0.2) is 0 Å². The number of benzene rings is 3.